The second-order valence-electron chi connectivity index (χ2n) is 23.1. The first-order valence-corrected chi connectivity index (χ1v) is 33.9. The number of aliphatic hydroxyl groups is 2. The number of amides is 1. The zero-order chi connectivity index (χ0) is 55.0. The van der Waals surface area contributed by atoms with Crippen LogP contribution < -0.4 is 5.32 Å². The average Bonchev–Trinajstić information content (AvgIpc) is 3.42. The Kier molecular flexibility index (Phi) is 63.5. The Balaban J connectivity index is 3.44. The van der Waals surface area contributed by atoms with Gasteiger partial charge in [-0.05, 0) is 83.5 Å². The number of hydrogen-bond acceptors (Lipinski definition) is 5. The minimum atomic E-state index is -0.670. The van der Waals surface area contributed by atoms with Crippen LogP contribution in [0.2, 0.25) is 0 Å². The van der Waals surface area contributed by atoms with E-state index < -0.39 is 12.1 Å². The van der Waals surface area contributed by atoms with Gasteiger partial charge in [0.15, 0.2) is 0 Å². The van der Waals surface area contributed by atoms with Crippen molar-refractivity contribution in [2.24, 2.45) is 0 Å². The molecule has 0 heterocycles. The lowest BCUT2D eigenvalue weighted by atomic mass is 10.0. The van der Waals surface area contributed by atoms with E-state index in [0.717, 1.165) is 57.8 Å². The van der Waals surface area contributed by atoms with Crippen LogP contribution in [0.5, 0.6) is 0 Å². The first-order valence-electron chi connectivity index (χ1n) is 33.9. The van der Waals surface area contributed by atoms with Gasteiger partial charge in [0.05, 0.1) is 25.4 Å². The summed E-state index contributed by atoms with van der Waals surface area (Å²) in [6.07, 6.45) is 84.3. The zero-order valence-corrected chi connectivity index (χ0v) is 51.0. The van der Waals surface area contributed by atoms with E-state index in [9.17, 15) is 19.8 Å². The van der Waals surface area contributed by atoms with Crippen LogP contribution in [-0.4, -0.2) is 47.4 Å². The molecule has 0 aromatic carbocycles. The molecular formula is C70H131NO5. The second-order valence-corrected chi connectivity index (χ2v) is 23.1. The first-order chi connectivity index (χ1) is 37.5. The van der Waals surface area contributed by atoms with Crippen LogP contribution in [0.4, 0.5) is 0 Å². The fraction of sp³-hybridized carbons (Fsp3) is 0.857. The minimum absolute atomic E-state index is 0.00630. The van der Waals surface area contributed by atoms with Crippen molar-refractivity contribution in [1.82, 2.24) is 5.32 Å². The summed E-state index contributed by atoms with van der Waals surface area (Å²) in [7, 11) is 0. The molecule has 0 saturated carbocycles. The number of carbonyl (C=O) groups excluding carboxylic acids is 2. The van der Waals surface area contributed by atoms with Gasteiger partial charge in [-0.2, -0.15) is 0 Å². The number of rotatable bonds is 63. The Morgan fingerprint density at radius 3 is 1.05 bits per heavy atom. The van der Waals surface area contributed by atoms with E-state index in [4.69, 9.17) is 4.74 Å². The fourth-order valence-corrected chi connectivity index (χ4v) is 10.4. The van der Waals surface area contributed by atoms with Crippen molar-refractivity contribution >= 4 is 11.9 Å². The molecule has 0 aliphatic heterocycles. The third-order valence-electron chi connectivity index (χ3n) is 15.6. The lowest BCUT2D eigenvalue weighted by molar-refractivity contribution is -0.143. The van der Waals surface area contributed by atoms with Crippen molar-refractivity contribution in [1.29, 1.82) is 0 Å². The van der Waals surface area contributed by atoms with Crippen LogP contribution in [0.1, 0.15) is 361 Å². The number of carbonyl (C=O) groups is 2. The molecule has 2 atom stereocenters. The van der Waals surface area contributed by atoms with Crippen LogP contribution in [0.3, 0.4) is 0 Å². The quantitative estimate of drug-likeness (QED) is 0.0320. The molecular weight excluding hydrogens is 935 g/mol. The van der Waals surface area contributed by atoms with E-state index in [0.29, 0.717) is 25.9 Å². The molecule has 0 radical (unpaired) electrons. The predicted octanol–water partition coefficient (Wildman–Crippen LogP) is 21.7. The van der Waals surface area contributed by atoms with Gasteiger partial charge in [-0.25, -0.2) is 0 Å². The van der Waals surface area contributed by atoms with E-state index in [2.05, 4.69) is 67.8 Å². The highest BCUT2D eigenvalue weighted by Gasteiger charge is 2.20. The summed E-state index contributed by atoms with van der Waals surface area (Å²) in [5, 5.41) is 23.4. The molecule has 0 spiro atoms. The highest BCUT2D eigenvalue weighted by Crippen LogP contribution is 2.18. The third-order valence-corrected chi connectivity index (χ3v) is 15.6. The number of unbranched alkanes of at least 4 members (excludes halogenated alkanes) is 44. The van der Waals surface area contributed by atoms with Crippen LogP contribution in [0.15, 0.2) is 48.6 Å². The predicted molar refractivity (Wildman–Crippen MR) is 333 cm³/mol. The smallest absolute Gasteiger partial charge is 0.305 e. The lowest BCUT2D eigenvalue weighted by Gasteiger charge is -2.22. The normalized spacial score (nSPS) is 12.8. The van der Waals surface area contributed by atoms with Crippen LogP contribution in [0.25, 0.3) is 0 Å². The summed E-state index contributed by atoms with van der Waals surface area (Å²) >= 11 is 0. The van der Waals surface area contributed by atoms with Crippen molar-refractivity contribution in [2.75, 3.05) is 13.2 Å². The van der Waals surface area contributed by atoms with E-state index in [1.807, 2.05) is 0 Å². The van der Waals surface area contributed by atoms with E-state index >= 15 is 0 Å². The monoisotopic (exact) mass is 1070 g/mol. The summed E-state index contributed by atoms with van der Waals surface area (Å²) < 4.78 is 5.47. The maximum Gasteiger partial charge on any atom is 0.305 e. The number of allylic oxidation sites excluding steroid dienone is 8. The molecule has 76 heavy (non-hydrogen) atoms. The Labute approximate surface area is 474 Å². The molecule has 0 aromatic rings. The lowest BCUT2D eigenvalue weighted by Crippen LogP contribution is -2.45. The summed E-state index contributed by atoms with van der Waals surface area (Å²) in [4.78, 5) is 24.6. The Bertz CT molecular complexity index is 1270. The van der Waals surface area contributed by atoms with E-state index in [-0.39, 0.29) is 18.5 Å². The maximum atomic E-state index is 12.5. The molecule has 0 aliphatic rings. The first kappa shape index (κ1) is 73.8. The third kappa shape index (κ3) is 61.0. The number of hydrogen-bond donors (Lipinski definition) is 3. The van der Waals surface area contributed by atoms with Gasteiger partial charge in [0.2, 0.25) is 5.91 Å². The molecule has 0 rings (SSSR count). The maximum absolute atomic E-state index is 12.5. The Morgan fingerprint density at radius 1 is 0.368 bits per heavy atom. The molecule has 0 fully saturated rings. The molecule has 1 amide bonds. The van der Waals surface area contributed by atoms with Crippen molar-refractivity contribution in [2.45, 2.75) is 373 Å². The molecule has 6 nitrogen and oxygen atoms in total. The summed E-state index contributed by atoms with van der Waals surface area (Å²) in [6.45, 7) is 4.90. The Morgan fingerprint density at radius 2 is 0.684 bits per heavy atom. The minimum Gasteiger partial charge on any atom is -0.466 e. The van der Waals surface area contributed by atoms with Gasteiger partial charge in [-0.15, -0.1) is 0 Å². The zero-order valence-electron chi connectivity index (χ0n) is 51.0. The van der Waals surface area contributed by atoms with Gasteiger partial charge >= 0.3 is 5.97 Å². The molecule has 0 saturated heterocycles. The molecule has 2 unspecified atom stereocenters. The van der Waals surface area contributed by atoms with Gasteiger partial charge in [0, 0.05) is 12.8 Å². The highest BCUT2D eigenvalue weighted by molar-refractivity contribution is 5.76. The topological polar surface area (TPSA) is 95.9 Å². The highest BCUT2D eigenvalue weighted by atomic mass is 16.5. The standard InChI is InChI=1S/C70H131NO5/c1-3-5-7-9-11-13-15-17-18-19-20-26-29-32-35-39-42-46-50-54-58-62-68(73)67(66-72)71-69(74)63-59-55-51-47-43-40-36-33-30-27-24-22-21-23-25-28-31-34-37-41-45-49-53-57-61-65-76-70(75)64-60-56-52-48-44-38-16-14-12-10-8-6-4-2/h8,10,14,16,22-25,67-68,72-73H,3-7,9,11-13,15,17-21,26-66H2,1-2H3,(H,71,74)/b10-8-,16-14-,24-22-,25-23-. The molecule has 446 valence electrons. The van der Waals surface area contributed by atoms with Crippen molar-refractivity contribution < 1.29 is 24.5 Å². The summed E-state index contributed by atoms with van der Waals surface area (Å²) in [5.41, 5.74) is 0. The second kappa shape index (κ2) is 65.3. The summed E-state index contributed by atoms with van der Waals surface area (Å²) in [6, 6.07) is -0.548. The number of nitrogens with one attached hydrogen (secondary N) is 1. The largest absolute Gasteiger partial charge is 0.466 e. The van der Waals surface area contributed by atoms with Gasteiger partial charge in [0.1, 0.15) is 0 Å². The van der Waals surface area contributed by atoms with Gasteiger partial charge < -0.3 is 20.3 Å². The molecule has 3 N–H and O–H groups in total. The number of esters is 1. The van der Waals surface area contributed by atoms with Crippen molar-refractivity contribution in [3.63, 3.8) is 0 Å². The Hall–Kier alpha value is -2.18. The van der Waals surface area contributed by atoms with E-state index in [1.54, 1.807) is 0 Å². The van der Waals surface area contributed by atoms with Crippen LogP contribution >= 0.6 is 0 Å². The molecule has 6 heteroatoms. The van der Waals surface area contributed by atoms with Crippen molar-refractivity contribution in [3.05, 3.63) is 48.6 Å². The molecule has 0 bridgehead atoms. The summed E-state index contributed by atoms with van der Waals surface area (Å²) in [5.74, 6) is -0.0445. The SMILES string of the molecule is CCC/C=C\C/C=C\CCCCCCCC(=O)OCCCCCCCCCCC/C=C\C/C=C\CCCCCCCCCCCC(=O)NC(CO)C(O)CCCCCCCCCCCCCCCCCCCCCCC. The molecule has 0 aliphatic carbocycles. The molecule has 0 aromatic heterocycles. The van der Waals surface area contributed by atoms with Gasteiger partial charge in [-0.3, -0.25) is 9.59 Å². The van der Waals surface area contributed by atoms with E-state index in [1.165, 1.54) is 270 Å². The average molecular weight is 1070 g/mol. The van der Waals surface area contributed by atoms with Crippen molar-refractivity contribution in [3.8, 4) is 0 Å². The van der Waals surface area contributed by atoms with Gasteiger partial charge in [0.25, 0.3) is 0 Å². The van der Waals surface area contributed by atoms with Crippen LogP contribution in [0, 0.1) is 0 Å². The fourth-order valence-electron chi connectivity index (χ4n) is 10.4. The van der Waals surface area contributed by atoms with Crippen LogP contribution in [-0.2, 0) is 14.3 Å². The number of aliphatic hydroxyl groups excluding tert-OH is 2. The van der Waals surface area contributed by atoms with Gasteiger partial charge in [-0.1, -0.05) is 313 Å². The number of ether oxygens (including phenoxy) is 1.